The third kappa shape index (κ3) is 7.19. The standard InChI is InChI=1S/C24H27N3O4S/c1-25-24(28)23(16-19-12-14-22(15-13-19)26-32(29,30)31)27(17-20-8-4-2-5-9-20)18-21-10-6-3-7-11-21/h2-15,23,26H,16-18H2,1H3,(H,25,28)(H,29,30,31)/t23-/m0/s1. The lowest BCUT2D eigenvalue weighted by atomic mass is 10.0. The van der Waals surface area contributed by atoms with E-state index in [0.29, 0.717) is 19.5 Å². The van der Waals surface area contributed by atoms with Crippen molar-refractivity contribution >= 4 is 21.9 Å². The van der Waals surface area contributed by atoms with Crippen molar-refractivity contribution in [3.05, 3.63) is 102 Å². The fraction of sp³-hybridized carbons (Fsp3) is 0.208. The predicted octanol–water partition coefficient (Wildman–Crippen LogP) is 3.26. The number of hydrogen-bond donors (Lipinski definition) is 3. The van der Waals surface area contributed by atoms with Crippen LogP contribution in [0.25, 0.3) is 0 Å². The van der Waals surface area contributed by atoms with E-state index >= 15 is 0 Å². The first-order valence-corrected chi connectivity index (χ1v) is 11.7. The first-order chi connectivity index (χ1) is 15.3. The minimum atomic E-state index is -4.34. The summed E-state index contributed by atoms with van der Waals surface area (Å²) >= 11 is 0. The molecule has 0 heterocycles. The SMILES string of the molecule is CNC(=O)[C@H](Cc1ccc(NS(=O)(=O)O)cc1)N(Cc1ccccc1)Cc1ccccc1. The molecule has 1 atom stereocenters. The maximum absolute atomic E-state index is 12.9. The molecule has 7 nitrogen and oxygen atoms in total. The van der Waals surface area contributed by atoms with Gasteiger partial charge in [-0.1, -0.05) is 72.8 Å². The van der Waals surface area contributed by atoms with Crippen molar-refractivity contribution in [1.29, 1.82) is 0 Å². The largest absolute Gasteiger partial charge is 0.358 e. The first kappa shape index (κ1) is 23.5. The molecule has 0 saturated heterocycles. The van der Waals surface area contributed by atoms with Gasteiger partial charge in [-0.15, -0.1) is 0 Å². The van der Waals surface area contributed by atoms with Crippen LogP contribution in [0.2, 0.25) is 0 Å². The van der Waals surface area contributed by atoms with Crippen LogP contribution in [0.3, 0.4) is 0 Å². The highest BCUT2D eigenvalue weighted by molar-refractivity contribution is 7.87. The Morgan fingerprint density at radius 3 is 1.78 bits per heavy atom. The zero-order chi connectivity index (χ0) is 23.0. The fourth-order valence-electron chi connectivity index (χ4n) is 3.55. The van der Waals surface area contributed by atoms with E-state index < -0.39 is 16.3 Å². The van der Waals surface area contributed by atoms with Gasteiger partial charge in [-0.25, -0.2) is 0 Å². The highest BCUT2D eigenvalue weighted by atomic mass is 32.2. The van der Waals surface area contributed by atoms with E-state index in [0.717, 1.165) is 16.7 Å². The normalized spacial score (nSPS) is 12.3. The van der Waals surface area contributed by atoms with Crippen LogP contribution >= 0.6 is 0 Å². The number of hydrogen-bond acceptors (Lipinski definition) is 4. The van der Waals surface area contributed by atoms with Gasteiger partial charge in [0.25, 0.3) is 0 Å². The molecule has 0 bridgehead atoms. The predicted molar refractivity (Wildman–Crippen MR) is 125 cm³/mol. The van der Waals surface area contributed by atoms with Crippen LogP contribution in [0.4, 0.5) is 5.69 Å². The summed E-state index contributed by atoms with van der Waals surface area (Å²) in [5.41, 5.74) is 3.32. The van der Waals surface area contributed by atoms with Gasteiger partial charge in [0.2, 0.25) is 5.91 Å². The lowest BCUT2D eigenvalue weighted by Crippen LogP contribution is -2.46. The summed E-state index contributed by atoms with van der Waals surface area (Å²) in [5, 5.41) is 2.77. The van der Waals surface area contributed by atoms with E-state index in [4.69, 9.17) is 4.55 Å². The second-order valence-electron chi connectivity index (χ2n) is 7.48. The van der Waals surface area contributed by atoms with Crippen molar-refractivity contribution < 1.29 is 17.8 Å². The van der Waals surface area contributed by atoms with E-state index in [2.05, 4.69) is 10.2 Å². The highest BCUT2D eigenvalue weighted by Gasteiger charge is 2.26. The summed E-state index contributed by atoms with van der Waals surface area (Å²) in [6, 6.07) is 26.1. The molecule has 0 aromatic heterocycles. The lowest BCUT2D eigenvalue weighted by molar-refractivity contribution is -0.126. The van der Waals surface area contributed by atoms with Gasteiger partial charge >= 0.3 is 10.3 Å². The monoisotopic (exact) mass is 453 g/mol. The van der Waals surface area contributed by atoms with Crippen molar-refractivity contribution in [2.75, 3.05) is 11.8 Å². The topological polar surface area (TPSA) is 98.7 Å². The summed E-state index contributed by atoms with van der Waals surface area (Å²) in [7, 11) is -2.71. The Morgan fingerprint density at radius 2 is 1.34 bits per heavy atom. The molecule has 32 heavy (non-hydrogen) atoms. The van der Waals surface area contributed by atoms with E-state index in [1.807, 2.05) is 65.4 Å². The van der Waals surface area contributed by atoms with Crippen LogP contribution in [0, 0.1) is 0 Å². The van der Waals surface area contributed by atoms with Crippen molar-refractivity contribution in [3.63, 3.8) is 0 Å². The molecule has 0 spiro atoms. The van der Waals surface area contributed by atoms with Crippen LogP contribution in [-0.2, 0) is 34.6 Å². The molecule has 0 aliphatic carbocycles. The molecule has 0 radical (unpaired) electrons. The Hall–Kier alpha value is -3.20. The van der Waals surface area contributed by atoms with Crippen molar-refractivity contribution in [2.45, 2.75) is 25.6 Å². The molecule has 0 aliphatic rings. The Kier molecular flexibility index (Phi) is 7.99. The third-order valence-corrected chi connectivity index (χ3v) is 5.57. The van der Waals surface area contributed by atoms with Crippen LogP contribution in [0.15, 0.2) is 84.9 Å². The maximum Gasteiger partial charge on any atom is 0.357 e. The number of nitrogens with zero attached hydrogens (tertiary/aromatic N) is 1. The third-order valence-electron chi connectivity index (χ3n) is 5.08. The summed E-state index contributed by atoms with van der Waals surface area (Å²) in [6.45, 7) is 1.19. The Morgan fingerprint density at radius 1 is 0.844 bits per heavy atom. The number of amides is 1. The van der Waals surface area contributed by atoms with Crippen LogP contribution < -0.4 is 10.0 Å². The van der Waals surface area contributed by atoms with E-state index in [-0.39, 0.29) is 11.6 Å². The number of nitrogens with one attached hydrogen (secondary N) is 2. The fourth-order valence-corrected chi connectivity index (χ4v) is 3.98. The van der Waals surface area contributed by atoms with E-state index in [1.165, 1.54) is 0 Å². The molecular formula is C24H27N3O4S. The molecule has 3 aromatic carbocycles. The average molecular weight is 454 g/mol. The van der Waals surface area contributed by atoms with Gasteiger partial charge < -0.3 is 5.32 Å². The van der Waals surface area contributed by atoms with Gasteiger partial charge in [0.05, 0.1) is 11.7 Å². The van der Waals surface area contributed by atoms with E-state index in [9.17, 15) is 13.2 Å². The van der Waals surface area contributed by atoms with Crippen molar-refractivity contribution in [2.24, 2.45) is 0 Å². The number of anilines is 1. The molecule has 0 saturated carbocycles. The highest BCUT2D eigenvalue weighted by Crippen LogP contribution is 2.19. The lowest BCUT2D eigenvalue weighted by Gasteiger charge is -2.31. The number of likely N-dealkylation sites (N-methyl/N-ethyl adjacent to an activating group) is 1. The Labute approximate surface area is 189 Å². The Balaban J connectivity index is 1.86. The number of benzene rings is 3. The molecular weight excluding hydrogens is 426 g/mol. The minimum Gasteiger partial charge on any atom is -0.358 e. The van der Waals surface area contributed by atoms with Gasteiger partial charge in [0.1, 0.15) is 0 Å². The van der Waals surface area contributed by atoms with E-state index in [1.54, 1.807) is 31.3 Å². The van der Waals surface area contributed by atoms with Gasteiger partial charge in [0, 0.05) is 20.1 Å². The number of carbonyl (C=O) groups excluding carboxylic acids is 1. The van der Waals surface area contributed by atoms with Gasteiger partial charge in [-0.3, -0.25) is 19.0 Å². The summed E-state index contributed by atoms with van der Waals surface area (Å²) in [6.07, 6.45) is 0.436. The quantitative estimate of drug-likeness (QED) is 0.409. The minimum absolute atomic E-state index is 0.100. The molecule has 0 fully saturated rings. The van der Waals surface area contributed by atoms with Gasteiger partial charge in [-0.05, 0) is 35.2 Å². The summed E-state index contributed by atoms with van der Waals surface area (Å²) in [5.74, 6) is -0.100. The van der Waals surface area contributed by atoms with Crippen LogP contribution in [-0.4, -0.2) is 36.9 Å². The zero-order valence-corrected chi connectivity index (χ0v) is 18.6. The molecule has 1 amide bonds. The zero-order valence-electron chi connectivity index (χ0n) is 17.8. The maximum atomic E-state index is 12.9. The van der Waals surface area contributed by atoms with Gasteiger partial charge in [-0.2, -0.15) is 8.42 Å². The summed E-state index contributed by atoms with van der Waals surface area (Å²) < 4.78 is 33.0. The number of rotatable bonds is 10. The van der Waals surface area contributed by atoms with Crippen LogP contribution in [0.5, 0.6) is 0 Å². The molecule has 3 rings (SSSR count). The average Bonchev–Trinajstić information content (AvgIpc) is 2.78. The smallest absolute Gasteiger partial charge is 0.357 e. The molecule has 168 valence electrons. The molecule has 3 N–H and O–H groups in total. The summed E-state index contributed by atoms with van der Waals surface area (Å²) in [4.78, 5) is 15.0. The molecule has 3 aromatic rings. The molecule has 0 aliphatic heterocycles. The van der Waals surface area contributed by atoms with Crippen LogP contribution in [0.1, 0.15) is 16.7 Å². The molecule has 0 unspecified atom stereocenters. The number of carbonyl (C=O) groups is 1. The Bertz CT molecular complexity index is 1060. The second-order valence-corrected chi connectivity index (χ2v) is 8.64. The van der Waals surface area contributed by atoms with Crippen molar-refractivity contribution in [3.8, 4) is 0 Å². The first-order valence-electron chi connectivity index (χ1n) is 10.2. The van der Waals surface area contributed by atoms with Crippen molar-refractivity contribution in [1.82, 2.24) is 10.2 Å². The second kappa shape index (κ2) is 10.9. The van der Waals surface area contributed by atoms with Gasteiger partial charge in [0.15, 0.2) is 0 Å². The molecule has 8 heteroatoms.